The van der Waals surface area contributed by atoms with Gasteiger partial charge in [0.15, 0.2) is 0 Å². The predicted molar refractivity (Wildman–Crippen MR) is 73.6 cm³/mol. The van der Waals surface area contributed by atoms with E-state index in [4.69, 9.17) is 11.6 Å². The molecule has 3 unspecified atom stereocenters. The summed E-state index contributed by atoms with van der Waals surface area (Å²) in [5, 5.41) is 15.9. The van der Waals surface area contributed by atoms with Crippen molar-refractivity contribution >= 4 is 11.6 Å². The number of rotatable bonds is 3. The molecule has 1 N–H and O–H groups in total. The summed E-state index contributed by atoms with van der Waals surface area (Å²) < 4.78 is 1.88. The Morgan fingerprint density at radius 2 is 2.22 bits per heavy atom. The smallest absolute Gasteiger partial charge is 0.108 e. The number of hydrogen-bond acceptors (Lipinski definition) is 2. The first-order valence-corrected chi connectivity index (χ1v) is 7.30. The van der Waals surface area contributed by atoms with Crippen molar-refractivity contribution in [3.8, 4) is 0 Å². The number of aliphatic hydroxyl groups is 1. The molecular weight excluding hydrogens is 248 g/mol. The molecule has 1 fully saturated rings. The third-order valence-corrected chi connectivity index (χ3v) is 4.59. The second-order valence-electron chi connectivity index (χ2n) is 5.79. The fraction of sp³-hybridized carbons (Fsp3) is 0.786. The molecule has 1 saturated carbocycles. The van der Waals surface area contributed by atoms with Crippen molar-refractivity contribution in [2.75, 3.05) is 0 Å². The van der Waals surface area contributed by atoms with Crippen LogP contribution in [0.15, 0.2) is 6.20 Å². The summed E-state index contributed by atoms with van der Waals surface area (Å²) >= 11 is 6.24. The number of aromatic nitrogens is 2. The molecule has 3 atom stereocenters. The van der Waals surface area contributed by atoms with Crippen molar-refractivity contribution in [3.05, 3.63) is 16.9 Å². The number of hydrogen-bond donors (Lipinski definition) is 1. The lowest BCUT2D eigenvalue weighted by molar-refractivity contribution is -0.0404. The first-order chi connectivity index (χ1) is 8.48. The van der Waals surface area contributed by atoms with Gasteiger partial charge in [-0.1, -0.05) is 32.4 Å². The third-order valence-electron chi connectivity index (χ3n) is 4.32. The van der Waals surface area contributed by atoms with Crippen LogP contribution in [0.25, 0.3) is 0 Å². The highest BCUT2D eigenvalue weighted by atomic mass is 35.5. The molecule has 18 heavy (non-hydrogen) atoms. The zero-order valence-corrected chi connectivity index (χ0v) is 12.2. The lowest BCUT2D eigenvalue weighted by Gasteiger charge is -2.39. The van der Waals surface area contributed by atoms with Crippen LogP contribution in [0.2, 0.25) is 5.02 Å². The van der Waals surface area contributed by atoms with Crippen LogP contribution in [0.3, 0.4) is 0 Å². The van der Waals surface area contributed by atoms with E-state index in [9.17, 15) is 5.11 Å². The molecule has 1 aliphatic carbocycles. The van der Waals surface area contributed by atoms with E-state index in [1.807, 2.05) is 4.68 Å². The van der Waals surface area contributed by atoms with Gasteiger partial charge >= 0.3 is 0 Å². The van der Waals surface area contributed by atoms with Crippen LogP contribution in [0.1, 0.15) is 52.1 Å². The van der Waals surface area contributed by atoms with Gasteiger partial charge in [-0.15, -0.1) is 0 Å². The molecule has 0 aliphatic heterocycles. The van der Waals surface area contributed by atoms with Gasteiger partial charge in [0.05, 0.1) is 16.9 Å². The monoisotopic (exact) mass is 270 g/mol. The van der Waals surface area contributed by atoms with Crippen LogP contribution >= 0.6 is 11.6 Å². The predicted octanol–water partition coefficient (Wildman–Crippen LogP) is 3.59. The molecule has 0 radical (unpaired) electrons. The molecule has 0 aromatic carbocycles. The number of nitrogens with zero attached hydrogens (tertiary/aromatic N) is 2. The van der Waals surface area contributed by atoms with Crippen LogP contribution in [0.4, 0.5) is 0 Å². The minimum absolute atomic E-state index is 0.518. The van der Waals surface area contributed by atoms with Crippen LogP contribution in [0.5, 0.6) is 0 Å². The van der Waals surface area contributed by atoms with E-state index in [0.29, 0.717) is 16.9 Å². The molecule has 0 amide bonds. The Morgan fingerprint density at radius 3 is 2.83 bits per heavy atom. The highest BCUT2D eigenvalue weighted by molar-refractivity contribution is 6.31. The Morgan fingerprint density at radius 1 is 1.50 bits per heavy atom. The molecule has 1 aromatic heterocycles. The van der Waals surface area contributed by atoms with Gasteiger partial charge in [-0.2, -0.15) is 5.10 Å². The van der Waals surface area contributed by atoms with Gasteiger partial charge < -0.3 is 5.11 Å². The first-order valence-electron chi connectivity index (χ1n) is 6.92. The summed E-state index contributed by atoms with van der Waals surface area (Å²) in [5.41, 5.74) is 0.0269. The van der Waals surface area contributed by atoms with Gasteiger partial charge in [0.1, 0.15) is 5.60 Å². The Bertz CT molecular complexity index is 418. The second kappa shape index (κ2) is 5.22. The van der Waals surface area contributed by atoms with Gasteiger partial charge in [-0.25, -0.2) is 0 Å². The van der Waals surface area contributed by atoms with Crippen LogP contribution in [-0.4, -0.2) is 14.9 Å². The van der Waals surface area contributed by atoms with Crippen LogP contribution < -0.4 is 0 Å². The number of aryl methyl sites for hydroxylation is 1. The SMILES string of the molecule is CCCn1ncc(Cl)c1C1(O)CCC(C)C(C)C1. The summed E-state index contributed by atoms with van der Waals surface area (Å²) in [6, 6.07) is 0. The summed E-state index contributed by atoms with van der Waals surface area (Å²) in [6.07, 6.45) is 5.27. The van der Waals surface area contributed by atoms with Crippen molar-refractivity contribution in [1.82, 2.24) is 9.78 Å². The van der Waals surface area contributed by atoms with Crippen molar-refractivity contribution < 1.29 is 5.11 Å². The average molecular weight is 271 g/mol. The van der Waals surface area contributed by atoms with Gasteiger partial charge in [0.25, 0.3) is 0 Å². The standard InChI is InChI=1S/C14H23ClN2O/c1-4-7-17-13(12(15)9-16-17)14(18)6-5-10(2)11(3)8-14/h9-11,18H,4-8H2,1-3H3. The molecule has 1 aromatic rings. The Hall–Kier alpha value is -0.540. The van der Waals surface area contributed by atoms with E-state index in [1.165, 1.54) is 0 Å². The zero-order valence-electron chi connectivity index (χ0n) is 11.5. The van der Waals surface area contributed by atoms with Crippen LogP contribution in [-0.2, 0) is 12.1 Å². The first kappa shape index (κ1) is 13.9. The summed E-state index contributed by atoms with van der Waals surface area (Å²) in [5.74, 6) is 1.19. The Balaban J connectivity index is 2.32. The topological polar surface area (TPSA) is 38.0 Å². The molecule has 1 aliphatic rings. The molecule has 3 nitrogen and oxygen atoms in total. The lowest BCUT2D eigenvalue weighted by atomic mass is 9.72. The minimum atomic E-state index is -0.797. The van der Waals surface area contributed by atoms with E-state index in [1.54, 1.807) is 6.20 Å². The normalized spacial score (nSPS) is 32.7. The largest absolute Gasteiger partial charge is 0.384 e. The zero-order chi connectivity index (χ0) is 13.3. The van der Waals surface area contributed by atoms with Crippen molar-refractivity contribution in [2.45, 2.75) is 58.6 Å². The quantitative estimate of drug-likeness (QED) is 0.911. The van der Waals surface area contributed by atoms with E-state index in [0.717, 1.165) is 37.9 Å². The van der Waals surface area contributed by atoms with Gasteiger partial charge in [-0.05, 0) is 37.5 Å². The van der Waals surface area contributed by atoms with Crippen LogP contribution in [0, 0.1) is 11.8 Å². The second-order valence-corrected chi connectivity index (χ2v) is 6.20. The molecule has 102 valence electrons. The van der Waals surface area contributed by atoms with Crippen molar-refractivity contribution in [2.24, 2.45) is 11.8 Å². The Kier molecular flexibility index (Phi) is 4.02. The molecule has 2 rings (SSSR count). The lowest BCUT2D eigenvalue weighted by Crippen LogP contribution is -2.37. The molecule has 0 spiro atoms. The van der Waals surface area contributed by atoms with E-state index in [2.05, 4.69) is 25.9 Å². The molecular formula is C14H23ClN2O. The van der Waals surface area contributed by atoms with Crippen molar-refractivity contribution in [3.63, 3.8) is 0 Å². The highest BCUT2D eigenvalue weighted by Crippen LogP contribution is 2.44. The summed E-state index contributed by atoms with van der Waals surface area (Å²) in [6.45, 7) is 7.39. The van der Waals surface area contributed by atoms with E-state index < -0.39 is 5.60 Å². The number of halogens is 1. The van der Waals surface area contributed by atoms with Gasteiger partial charge in [0.2, 0.25) is 0 Å². The molecule has 0 bridgehead atoms. The molecule has 4 heteroatoms. The maximum atomic E-state index is 11.0. The Labute approximate surface area is 114 Å². The van der Waals surface area contributed by atoms with Gasteiger partial charge in [0, 0.05) is 6.54 Å². The minimum Gasteiger partial charge on any atom is -0.384 e. The van der Waals surface area contributed by atoms with E-state index in [-0.39, 0.29) is 0 Å². The third kappa shape index (κ3) is 2.43. The summed E-state index contributed by atoms with van der Waals surface area (Å²) in [4.78, 5) is 0. The fourth-order valence-electron chi connectivity index (χ4n) is 3.01. The maximum Gasteiger partial charge on any atom is 0.108 e. The average Bonchev–Trinajstić information content (AvgIpc) is 2.67. The van der Waals surface area contributed by atoms with E-state index >= 15 is 0 Å². The molecule has 1 heterocycles. The molecule has 0 saturated heterocycles. The van der Waals surface area contributed by atoms with Gasteiger partial charge in [-0.3, -0.25) is 4.68 Å². The maximum absolute atomic E-state index is 11.0. The van der Waals surface area contributed by atoms with Crippen molar-refractivity contribution in [1.29, 1.82) is 0 Å². The summed E-state index contributed by atoms with van der Waals surface area (Å²) in [7, 11) is 0. The fourth-order valence-corrected chi connectivity index (χ4v) is 3.33. The highest BCUT2D eigenvalue weighted by Gasteiger charge is 2.41.